The maximum atomic E-state index is 14.0. The topological polar surface area (TPSA) is 105 Å². The summed E-state index contributed by atoms with van der Waals surface area (Å²) in [6.45, 7) is 8.27. The van der Waals surface area contributed by atoms with Crippen molar-refractivity contribution in [1.29, 1.82) is 5.26 Å². The molecule has 186 valence electrons. The zero-order valence-corrected chi connectivity index (χ0v) is 20.7. The predicted octanol–water partition coefficient (Wildman–Crippen LogP) is 3.74. The van der Waals surface area contributed by atoms with Crippen LogP contribution in [-0.4, -0.2) is 59.2 Å². The van der Waals surface area contributed by atoms with E-state index >= 15 is 0 Å². The Labute approximate surface area is 200 Å². The fourth-order valence-corrected chi connectivity index (χ4v) is 5.54. The number of nitrogens with zero attached hydrogens (tertiary/aromatic N) is 4. The molecule has 4 rings (SSSR count). The van der Waals surface area contributed by atoms with Gasteiger partial charge >= 0.3 is 6.18 Å². The number of fused-ring (bicyclic) bond motifs is 1. The lowest BCUT2D eigenvalue weighted by Gasteiger charge is -2.23. The van der Waals surface area contributed by atoms with Crippen molar-refractivity contribution in [2.45, 2.75) is 31.6 Å². The molecule has 1 aromatic carbocycles. The van der Waals surface area contributed by atoms with E-state index in [1.807, 2.05) is 19.9 Å². The molecule has 1 aliphatic heterocycles. The Bertz CT molecular complexity index is 1360. The van der Waals surface area contributed by atoms with E-state index in [1.54, 1.807) is 12.1 Å². The lowest BCUT2D eigenvalue weighted by atomic mass is 10.1. The molecule has 1 atom stereocenters. The van der Waals surface area contributed by atoms with Gasteiger partial charge in [-0.1, -0.05) is 6.07 Å². The van der Waals surface area contributed by atoms with Crippen LogP contribution in [0.25, 0.3) is 16.7 Å². The molecule has 1 aliphatic rings. The number of alkyl halides is 3. The van der Waals surface area contributed by atoms with Crippen LogP contribution in [0.15, 0.2) is 30.6 Å². The molecule has 2 N–H and O–H groups in total. The summed E-state index contributed by atoms with van der Waals surface area (Å²) < 4.78 is 62.1. The van der Waals surface area contributed by atoms with Crippen LogP contribution in [-0.2, 0) is 15.5 Å². The molecule has 12 heteroatoms. The first-order chi connectivity index (χ1) is 16.3. The monoisotopic (exact) mass is 506 g/mol. The number of anilines is 1. The highest BCUT2D eigenvalue weighted by atomic mass is 31.2. The number of hydrogen-bond donors (Lipinski definition) is 2. The molecule has 0 bridgehead atoms. The Kier molecular flexibility index (Phi) is 6.43. The van der Waals surface area contributed by atoms with Crippen molar-refractivity contribution < 1.29 is 22.5 Å². The average Bonchev–Trinajstić information content (AvgIpc) is 3.10. The normalized spacial score (nSPS) is 18.7. The van der Waals surface area contributed by atoms with Crippen molar-refractivity contribution in [2.75, 3.05) is 38.4 Å². The minimum atomic E-state index is -4.74. The van der Waals surface area contributed by atoms with Gasteiger partial charge in [-0.25, -0.2) is 4.98 Å². The molecule has 1 unspecified atom stereocenters. The van der Waals surface area contributed by atoms with E-state index in [9.17, 15) is 23.0 Å². The summed E-state index contributed by atoms with van der Waals surface area (Å²) >= 11 is 0. The van der Waals surface area contributed by atoms with Gasteiger partial charge in [0.2, 0.25) is 5.95 Å². The van der Waals surface area contributed by atoms with Crippen LogP contribution in [0.4, 0.5) is 19.1 Å². The van der Waals surface area contributed by atoms with Crippen molar-refractivity contribution in [1.82, 2.24) is 19.9 Å². The van der Waals surface area contributed by atoms with E-state index in [4.69, 9.17) is 4.74 Å². The summed E-state index contributed by atoms with van der Waals surface area (Å²) in [5.74, 6) is -0.420. The lowest BCUT2D eigenvalue weighted by molar-refractivity contribution is -0.137. The Balaban J connectivity index is 1.86. The lowest BCUT2D eigenvalue weighted by Crippen LogP contribution is -2.45. The Morgan fingerprint density at radius 2 is 2.06 bits per heavy atom. The smallest absolute Gasteiger partial charge is 0.377 e. The maximum Gasteiger partial charge on any atom is 0.421 e. The molecule has 1 saturated heterocycles. The number of ether oxygens (including phenoxy) is 1. The number of nitrogens with one attached hydrogen (secondary N) is 2. The molecular weight excluding hydrogens is 480 g/mol. The first kappa shape index (κ1) is 25.2. The molecule has 0 saturated carbocycles. The summed E-state index contributed by atoms with van der Waals surface area (Å²) in [7, 11) is -3.05. The molecule has 3 aromatic rings. The van der Waals surface area contributed by atoms with Gasteiger partial charge in [0.25, 0.3) is 0 Å². The maximum absolute atomic E-state index is 14.0. The third-order valence-corrected chi connectivity index (χ3v) is 7.26. The number of halogens is 3. The van der Waals surface area contributed by atoms with Gasteiger partial charge < -0.3 is 19.9 Å². The van der Waals surface area contributed by atoms with Gasteiger partial charge in [-0.15, -0.1) is 0 Å². The number of rotatable bonds is 4. The van der Waals surface area contributed by atoms with Gasteiger partial charge in [0.05, 0.1) is 41.7 Å². The Morgan fingerprint density at radius 1 is 1.31 bits per heavy atom. The van der Waals surface area contributed by atoms with E-state index in [-0.39, 0.29) is 33.9 Å². The third kappa shape index (κ3) is 5.20. The van der Waals surface area contributed by atoms with Crippen LogP contribution in [0.1, 0.15) is 25.0 Å². The highest BCUT2D eigenvalue weighted by molar-refractivity contribution is 7.70. The van der Waals surface area contributed by atoms with Crippen LogP contribution in [0.3, 0.4) is 0 Å². The third-order valence-electron chi connectivity index (χ3n) is 5.73. The summed E-state index contributed by atoms with van der Waals surface area (Å²) in [6, 6.07) is 6.50. The minimum absolute atomic E-state index is 0.000812. The number of hydrogen-bond acceptors (Lipinski definition) is 7. The standard InChI is InChI=1S/C23H26F3N6O2P/c1-22(2)13-34-12-16(10-29-22)30-21-28-11-17(23(24,25)26)20(31-21)32-8-7-14-5-6-15(9-27)19(18(14)32)35(3,4)33/h5-8,11,16,29H,10,12-13H2,1-4H3,(H,28,30,31). The van der Waals surface area contributed by atoms with Gasteiger partial charge in [0.1, 0.15) is 12.7 Å². The molecule has 35 heavy (non-hydrogen) atoms. The number of aromatic nitrogens is 3. The molecule has 0 amide bonds. The average molecular weight is 506 g/mol. The summed E-state index contributed by atoms with van der Waals surface area (Å²) in [4.78, 5) is 8.15. The molecule has 0 radical (unpaired) electrons. The van der Waals surface area contributed by atoms with E-state index in [0.717, 1.165) is 6.20 Å². The van der Waals surface area contributed by atoms with E-state index in [2.05, 4.69) is 20.6 Å². The van der Waals surface area contributed by atoms with E-state index < -0.39 is 24.7 Å². The fraction of sp³-hybridized carbons (Fsp3) is 0.435. The zero-order chi connectivity index (χ0) is 25.6. The van der Waals surface area contributed by atoms with Crippen LogP contribution in [0.5, 0.6) is 0 Å². The molecule has 8 nitrogen and oxygen atoms in total. The molecule has 0 aliphatic carbocycles. The SMILES string of the molecule is CC1(C)COCC(Nc2ncc(C(F)(F)F)c(-n3ccc4ccc(C#N)c(P(C)(C)=O)c43)n2)CN1. The van der Waals surface area contributed by atoms with Crippen molar-refractivity contribution in [2.24, 2.45) is 0 Å². The zero-order valence-electron chi connectivity index (χ0n) is 19.8. The summed E-state index contributed by atoms with van der Waals surface area (Å²) in [5.41, 5.74) is -0.882. The second kappa shape index (κ2) is 8.94. The summed E-state index contributed by atoms with van der Waals surface area (Å²) in [6.07, 6.45) is -2.57. The quantitative estimate of drug-likeness (QED) is 0.520. The van der Waals surface area contributed by atoms with E-state index in [1.165, 1.54) is 30.2 Å². The van der Waals surface area contributed by atoms with Crippen molar-refractivity contribution >= 4 is 29.3 Å². The van der Waals surface area contributed by atoms with Gasteiger partial charge in [0, 0.05) is 29.9 Å². The first-order valence-electron chi connectivity index (χ1n) is 10.9. The van der Waals surface area contributed by atoms with Crippen LogP contribution in [0, 0.1) is 11.3 Å². The predicted molar refractivity (Wildman–Crippen MR) is 128 cm³/mol. The van der Waals surface area contributed by atoms with Crippen LogP contribution < -0.4 is 15.9 Å². The number of nitriles is 1. The molecule has 0 spiro atoms. The molecule has 1 fully saturated rings. The van der Waals surface area contributed by atoms with Crippen molar-refractivity contribution in [3.8, 4) is 11.9 Å². The molecule has 2 aromatic heterocycles. The Morgan fingerprint density at radius 3 is 2.71 bits per heavy atom. The molecule has 3 heterocycles. The number of benzene rings is 1. The van der Waals surface area contributed by atoms with Gasteiger partial charge in [0.15, 0.2) is 5.82 Å². The second-order valence-corrected chi connectivity index (χ2v) is 12.7. The fourth-order valence-electron chi connectivity index (χ4n) is 4.09. The van der Waals surface area contributed by atoms with Gasteiger partial charge in [-0.3, -0.25) is 4.57 Å². The van der Waals surface area contributed by atoms with Crippen LogP contribution in [0.2, 0.25) is 0 Å². The second-order valence-electron chi connectivity index (χ2n) is 9.60. The highest BCUT2D eigenvalue weighted by Gasteiger charge is 2.37. The van der Waals surface area contributed by atoms with Crippen molar-refractivity contribution in [3.63, 3.8) is 0 Å². The largest absolute Gasteiger partial charge is 0.421 e. The van der Waals surface area contributed by atoms with Gasteiger partial charge in [-0.05, 0) is 39.3 Å². The van der Waals surface area contributed by atoms with E-state index in [0.29, 0.717) is 25.1 Å². The molecular formula is C23H26F3N6O2P. The Hall–Kier alpha value is -2.93. The minimum Gasteiger partial charge on any atom is -0.377 e. The first-order valence-corrected chi connectivity index (χ1v) is 13.5. The van der Waals surface area contributed by atoms with Crippen LogP contribution >= 0.6 is 7.14 Å². The summed E-state index contributed by atoms with van der Waals surface area (Å²) in [5, 5.41) is 16.8. The van der Waals surface area contributed by atoms with Crippen molar-refractivity contribution in [3.05, 3.63) is 41.7 Å². The highest BCUT2D eigenvalue weighted by Crippen LogP contribution is 2.41. The van der Waals surface area contributed by atoms with Gasteiger partial charge in [-0.2, -0.15) is 23.4 Å².